The van der Waals surface area contributed by atoms with Gasteiger partial charge in [-0.05, 0) is 27.2 Å². The quantitative estimate of drug-likeness (QED) is 0.748. The van der Waals surface area contributed by atoms with Crippen LogP contribution in [0.4, 0.5) is 0 Å². The lowest BCUT2D eigenvalue weighted by atomic mass is 9.98. The minimum Gasteiger partial charge on any atom is -0.480 e. The molecule has 0 bridgehead atoms. The second kappa shape index (κ2) is 6.38. The fraction of sp³-hybridized carbons (Fsp3) is 0.917. The molecule has 2 N–H and O–H groups in total. The van der Waals surface area contributed by atoms with E-state index < -0.39 is 21.7 Å². The summed E-state index contributed by atoms with van der Waals surface area (Å²) in [6.07, 6.45) is 0.383. The molecule has 7 nitrogen and oxygen atoms in total. The summed E-state index contributed by atoms with van der Waals surface area (Å²) >= 11 is 0. The van der Waals surface area contributed by atoms with Crippen molar-refractivity contribution in [2.45, 2.75) is 58.3 Å². The van der Waals surface area contributed by atoms with Crippen molar-refractivity contribution in [1.82, 2.24) is 9.03 Å². The van der Waals surface area contributed by atoms with Crippen LogP contribution in [0.3, 0.4) is 0 Å². The van der Waals surface area contributed by atoms with Gasteiger partial charge in [0.15, 0.2) is 0 Å². The highest BCUT2D eigenvalue weighted by Crippen LogP contribution is 2.19. The van der Waals surface area contributed by atoms with Crippen LogP contribution in [0.25, 0.3) is 0 Å². The summed E-state index contributed by atoms with van der Waals surface area (Å²) in [6.45, 7) is 7.24. The highest BCUT2D eigenvalue weighted by molar-refractivity contribution is 7.87. The molecule has 1 rings (SSSR count). The molecule has 0 saturated carbocycles. The van der Waals surface area contributed by atoms with Gasteiger partial charge >= 0.3 is 5.97 Å². The van der Waals surface area contributed by atoms with Crippen LogP contribution in [0, 0.1) is 0 Å². The Morgan fingerprint density at radius 1 is 1.40 bits per heavy atom. The van der Waals surface area contributed by atoms with Gasteiger partial charge in [-0.3, -0.25) is 4.79 Å². The Kier molecular flexibility index (Phi) is 5.54. The molecule has 1 fully saturated rings. The Morgan fingerprint density at radius 3 is 2.30 bits per heavy atom. The standard InChI is InChI=1S/C12H24N2O5S/c1-5-6-12(4,11(15)16)13-20(17,18)14-7-9(2)19-10(3)8-14/h9-10,13H,5-8H2,1-4H3,(H,15,16). The predicted molar refractivity (Wildman–Crippen MR) is 74.6 cm³/mol. The normalized spacial score (nSPS) is 28.0. The van der Waals surface area contributed by atoms with E-state index >= 15 is 0 Å². The van der Waals surface area contributed by atoms with E-state index in [-0.39, 0.29) is 31.7 Å². The maximum atomic E-state index is 12.4. The highest BCUT2D eigenvalue weighted by atomic mass is 32.2. The molecule has 0 aliphatic carbocycles. The molecule has 1 aliphatic heterocycles. The summed E-state index contributed by atoms with van der Waals surface area (Å²) in [5.41, 5.74) is -1.49. The van der Waals surface area contributed by atoms with E-state index in [1.165, 1.54) is 11.2 Å². The van der Waals surface area contributed by atoms with E-state index in [1.807, 2.05) is 6.92 Å². The Balaban J connectivity index is 2.90. The first-order valence-corrected chi connectivity index (χ1v) is 8.22. The summed E-state index contributed by atoms with van der Waals surface area (Å²) in [6, 6.07) is 0. The van der Waals surface area contributed by atoms with Gasteiger partial charge in [0.25, 0.3) is 10.2 Å². The van der Waals surface area contributed by atoms with Crippen LogP contribution in [0.15, 0.2) is 0 Å². The SMILES string of the molecule is CCCC(C)(NS(=O)(=O)N1CC(C)OC(C)C1)C(=O)O. The Bertz CT molecular complexity index is 443. The van der Waals surface area contributed by atoms with Gasteiger partial charge in [0.05, 0.1) is 12.2 Å². The van der Waals surface area contributed by atoms with Crippen molar-refractivity contribution < 1.29 is 23.1 Å². The van der Waals surface area contributed by atoms with Gasteiger partial charge in [-0.15, -0.1) is 0 Å². The van der Waals surface area contributed by atoms with Crippen LogP contribution in [-0.4, -0.2) is 54.6 Å². The highest BCUT2D eigenvalue weighted by Gasteiger charge is 2.40. The average Bonchev–Trinajstić information content (AvgIpc) is 2.26. The number of nitrogens with one attached hydrogen (secondary N) is 1. The molecule has 1 aliphatic rings. The lowest BCUT2D eigenvalue weighted by Crippen LogP contribution is -2.59. The van der Waals surface area contributed by atoms with E-state index in [1.54, 1.807) is 13.8 Å². The monoisotopic (exact) mass is 308 g/mol. The zero-order valence-corrected chi connectivity index (χ0v) is 13.2. The topological polar surface area (TPSA) is 95.9 Å². The van der Waals surface area contributed by atoms with Gasteiger partial charge in [-0.2, -0.15) is 17.4 Å². The van der Waals surface area contributed by atoms with Crippen LogP contribution < -0.4 is 4.72 Å². The number of morpholine rings is 1. The summed E-state index contributed by atoms with van der Waals surface area (Å²) in [5, 5.41) is 9.26. The first kappa shape index (κ1) is 17.4. The maximum Gasteiger partial charge on any atom is 0.324 e. The van der Waals surface area contributed by atoms with Crippen LogP contribution in [0.1, 0.15) is 40.5 Å². The molecular weight excluding hydrogens is 284 g/mol. The van der Waals surface area contributed by atoms with Crippen molar-refractivity contribution in [3.63, 3.8) is 0 Å². The minimum absolute atomic E-state index is 0.211. The third-order valence-corrected chi connectivity index (χ3v) is 4.99. The van der Waals surface area contributed by atoms with Crippen molar-refractivity contribution in [3.8, 4) is 0 Å². The number of hydrogen-bond acceptors (Lipinski definition) is 4. The first-order valence-electron chi connectivity index (χ1n) is 6.78. The number of carboxylic acid groups (broad SMARTS) is 1. The van der Waals surface area contributed by atoms with Crippen LogP contribution in [-0.2, 0) is 19.7 Å². The lowest BCUT2D eigenvalue weighted by molar-refractivity contribution is -0.143. The first-order chi connectivity index (χ1) is 9.10. The van der Waals surface area contributed by atoms with E-state index in [0.717, 1.165) is 0 Å². The molecule has 0 amide bonds. The summed E-state index contributed by atoms with van der Waals surface area (Å²) in [7, 11) is -3.85. The molecule has 3 atom stereocenters. The zero-order chi connectivity index (χ0) is 15.6. The van der Waals surface area contributed by atoms with E-state index in [9.17, 15) is 18.3 Å². The molecule has 0 aromatic carbocycles. The van der Waals surface area contributed by atoms with E-state index in [2.05, 4.69) is 4.72 Å². The van der Waals surface area contributed by atoms with Gasteiger partial charge in [-0.1, -0.05) is 13.3 Å². The fourth-order valence-corrected chi connectivity index (χ4v) is 4.08. The number of rotatable bonds is 6. The molecule has 3 unspecified atom stereocenters. The number of carbonyl (C=O) groups is 1. The van der Waals surface area contributed by atoms with Crippen LogP contribution in [0.5, 0.6) is 0 Å². The third-order valence-electron chi connectivity index (χ3n) is 3.30. The number of carboxylic acids is 1. The van der Waals surface area contributed by atoms with Crippen molar-refractivity contribution in [3.05, 3.63) is 0 Å². The van der Waals surface area contributed by atoms with Crippen LogP contribution in [0.2, 0.25) is 0 Å². The Hall–Kier alpha value is -0.700. The largest absolute Gasteiger partial charge is 0.480 e. The zero-order valence-electron chi connectivity index (χ0n) is 12.4. The summed E-state index contributed by atoms with van der Waals surface area (Å²) < 4.78 is 33.8. The van der Waals surface area contributed by atoms with E-state index in [0.29, 0.717) is 6.42 Å². The second-order valence-electron chi connectivity index (χ2n) is 5.57. The Morgan fingerprint density at radius 2 is 1.90 bits per heavy atom. The van der Waals surface area contributed by atoms with Crippen molar-refractivity contribution in [2.24, 2.45) is 0 Å². The fourth-order valence-electron chi connectivity index (χ4n) is 2.38. The maximum absolute atomic E-state index is 12.4. The smallest absolute Gasteiger partial charge is 0.324 e. The van der Waals surface area contributed by atoms with Crippen molar-refractivity contribution in [2.75, 3.05) is 13.1 Å². The molecule has 118 valence electrons. The molecule has 0 aromatic heterocycles. The molecule has 1 heterocycles. The summed E-state index contributed by atoms with van der Waals surface area (Å²) in [4.78, 5) is 11.3. The van der Waals surface area contributed by atoms with Gasteiger partial charge < -0.3 is 9.84 Å². The number of nitrogens with zero attached hydrogens (tertiary/aromatic N) is 1. The molecule has 20 heavy (non-hydrogen) atoms. The van der Waals surface area contributed by atoms with Gasteiger partial charge in [0.1, 0.15) is 5.54 Å². The molecule has 0 spiro atoms. The van der Waals surface area contributed by atoms with Gasteiger partial charge in [-0.25, -0.2) is 0 Å². The van der Waals surface area contributed by atoms with E-state index in [4.69, 9.17) is 4.74 Å². The number of aliphatic carboxylic acids is 1. The molecular formula is C12H24N2O5S. The average molecular weight is 308 g/mol. The van der Waals surface area contributed by atoms with Gasteiger partial charge in [0, 0.05) is 13.1 Å². The lowest BCUT2D eigenvalue weighted by Gasteiger charge is -2.36. The molecule has 1 saturated heterocycles. The summed E-state index contributed by atoms with van der Waals surface area (Å²) in [5.74, 6) is -1.17. The van der Waals surface area contributed by atoms with Crippen molar-refractivity contribution >= 4 is 16.2 Å². The molecule has 0 aromatic rings. The van der Waals surface area contributed by atoms with Gasteiger partial charge in [0.2, 0.25) is 0 Å². The minimum atomic E-state index is -3.85. The van der Waals surface area contributed by atoms with Crippen molar-refractivity contribution in [1.29, 1.82) is 0 Å². The number of ether oxygens (including phenoxy) is 1. The van der Waals surface area contributed by atoms with Crippen LogP contribution >= 0.6 is 0 Å². The molecule has 0 radical (unpaired) electrons. The predicted octanol–water partition coefficient (Wildman–Crippen LogP) is 0.573. The molecule has 8 heteroatoms. The second-order valence-corrected chi connectivity index (χ2v) is 7.24. The number of hydrogen-bond donors (Lipinski definition) is 2. The third kappa shape index (κ3) is 4.15. The Labute approximate surface area is 120 Å².